The molecule has 0 radical (unpaired) electrons. The van der Waals surface area contributed by atoms with Gasteiger partial charge in [0.2, 0.25) is 16.9 Å². The Balaban J connectivity index is 1.93. The van der Waals surface area contributed by atoms with Gasteiger partial charge in [0.1, 0.15) is 17.2 Å². The molecule has 24 heavy (non-hydrogen) atoms. The zero-order chi connectivity index (χ0) is 17.1. The minimum atomic E-state index is -0.104. The second kappa shape index (κ2) is 6.87. The van der Waals surface area contributed by atoms with E-state index in [4.69, 9.17) is 13.9 Å². The van der Waals surface area contributed by atoms with E-state index in [0.717, 1.165) is 0 Å². The third-order valence-electron chi connectivity index (χ3n) is 3.23. The highest BCUT2D eigenvalue weighted by Crippen LogP contribution is 2.35. The monoisotopic (exact) mass is 348 g/mol. The van der Waals surface area contributed by atoms with Crippen LogP contribution in [0.15, 0.2) is 27.8 Å². The van der Waals surface area contributed by atoms with E-state index in [-0.39, 0.29) is 5.25 Å². The molecule has 0 aliphatic heterocycles. The Labute approximate surface area is 142 Å². The molecule has 0 aliphatic rings. The predicted octanol–water partition coefficient (Wildman–Crippen LogP) is 2.22. The number of rotatable bonds is 6. The number of hydrogen-bond acceptors (Lipinski definition) is 9. The molecular formula is C14H16N6O3S. The van der Waals surface area contributed by atoms with Crippen molar-refractivity contribution in [3.05, 3.63) is 30.0 Å². The minimum Gasteiger partial charge on any atom is -0.497 e. The fraction of sp³-hybridized carbons (Fsp3) is 0.357. The van der Waals surface area contributed by atoms with Crippen molar-refractivity contribution in [1.82, 2.24) is 30.4 Å². The van der Waals surface area contributed by atoms with Gasteiger partial charge in [0.05, 0.1) is 19.5 Å². The first-order chi connectivity index (χ1) is 11.6. The molecule has 2 aromatic heterocycles. The molecule has 0 saturated carbocycles. The summed E-state index contributed by atoms with van der Waals surface area (Å²) in [5.41, 5.74) is 0.679. The summed E-state index contributed by atoms with van der Waals surface area (Å²) in [6.07, 6.45) is 0. The maximum absolute atomic E-state index is 5.46. The summed E-state index contributed by atoms with van der Waals surface area (Å²) in [4.78, 5) is 0. The molecule has 1 atom stereocenters. The highest BCUT2D eigenvalue weighted by Gasteiger charge is 2.20. The number of thioether (sulfide) groups is 1. The molecular weight excluding hydrogens is 332 g/mol. The maximum atomic E-state index is 5.46. The van der Waals surface area contributed by atoms with Crippen LogP contribution in [0.25, 0.3) is 5.69 Å². The van der Waals surface area contributed by atoms with Crippen LogP contribution < -0.4 is 9.47 Å². The molecule has 0 fully saturated rings. The van der Waals surface area contributed by atoms with Gasteiger partial charge in [0.15, 0.2) is 0 Å². The van der Waals surface area contributed by atoms with Crippen molar-refractivity contribution in [2.24, 2.45) is 0 Å². The van der Waals surface area contributed by atoms with Crippen LogP contribution in [0.4, 0.5) is 0 Å². The van der Waals surface area contributed by atoms with Crippen molar-refractivity contribution in [3.63, 3.8) is 0 Å². The van der Waals surface area contributed by atoms with Crippen LogP contribution >= 0.6 is 11.8 Å². The number of hydrogen-bond donors (Lipinski definition) is 0. The van der Waals surface area contributed by atoms with E-state index in [1.165, 1.54) is 11.8 Å². The smallest absolute Gasteiger partial charge is 0.229 e. The highest BCUT2D eigenvalue weighted by atomic mass is 32.2. The molecule has 1 aromatic carbocycles. The van der Waals surface area contributed by atoms with E-state index in [1.807, 2.05) is 13.0 Å². The molecule has 0 aliphatic carbocycles. The molecule has 10 heteroatoms. The fourth-order valence-electron chi connectivity index (χ4n) is 2.05. The van der Waals surface area contributed by atoms with Crippen molar-refractivity contribution in [1.29, 1.82) is 0 Å². The second-order valence-corrected chi connectivity index (χ2v) is 6.14. The van der Waals surface area contributed by atoms with Gasteiger partial charge in [-0.25, -0.2) is 0 Å². The van der Waals surface area contributed by atoms with E-state index in [1.54, 1.807) is 38.0 Å². The van der Waals surface area contributed by atoms with Gasteiger partial charge < -0.3 is 13.9 Å². The summed E-state index contributed by atoms with van der Waals surface area (Å²) < 4.78 is 17.7. The van der Waals surface area contributed by atoms with Crippen LogP contribution in [0.3, 0.4) is 0 Å². The molecule has 2 heterocycles. The number of aromatic nitrogens is 6. The van der Waals surface area contributed by atoms with Crippen LogP contribution in [-0.4, -0.2) is 44.6 Å². The quantitative estimate of drug-likeness (QED) is 0.620. The van der Waals surface area contributed by atoms with Gasteiger partial charge in [-0.05, 0) is 29.5 Å². The Morgan fingerprint density at radius 2 is 2.00 bits per heavy atom. The predicted molar refractivity (Wildman–Crippen MR) is 85.6 cm³/mol. The topological polar surface area (TPSA) is 101 Å². The summed E-state index contributed by atoms with van der Waals surface area (Å²) in [5, 5.41) is 20.2. The van der Waals surface area contributed by atoms with Crippen molar-refractivity contribution in [2.45, 2.75) is 24.3 Å². The lowest BCUT2D eigenvalue weighted by atomic mass is 10.3. The zero-order valence-electron chi connectivity index (χ0n) is 13.6. The normalized spacial score (nSPS) is 12.2. The van der Waals surface area contributed by atoms with Crippen molar-refractivity contribution < 1.29 is 13.9 Å². The third-order valence-corrected chi connectivity index (χ3v) is 4.25. The summed E-state index contributed by atoms with van der Waals surface area (Å²) in [6, 6.07) is 5.42. The second-order valence-electron chi connectivity index (χ2n) is 4.83. The number of aryl methyl sites for hydroxylation is 1. The molecule has 0 saturated heterocycles. The molecule has 0 unspecified atom stereocenters. The molecule has 126 valence electrons. The van der Waals surface area contributed by atoms with Gasteiger partial charge in [0.25, 0.3) is 0 Å². The maximum Gasteiger partial charge on any atom is 0.229 e. The number of methoxy groups -OCH3 is 2. The Morgan fingerprint density at radius 3 is 2.67 bits per heavy atom. The summed E-state index contributed by atoms with van der Waals surface area (Å²) in [5.74, 6) is 2.35. The van der Waals surface area contributed by atoms with Crippen molar-refractivity contribution >= 4 is 11.8 Å². The summed E-state index contributed by atoms with van der Waals surface area (Å²) >= 11 is 1.41. The van der Waals surface area contributed by atoms with Gasteiger partial charge in [-0.15, -0.1) is 15.3 Å². The van der Waals surface area contributed by atoms with Gasteiger partial charge in [-0.2, -0.15) is 4.68 Å². The van der Waals surface area contributed by atoms with Gasteiger partial charge in [-0.1, -0.05) is 11.8 Å². The Kier molecular flexibility index (Phi) is 4.65. The zero-order valence-corrected chi connectivity index (χ0v) is 14.4. The highest BCUT2D eigenvalue weighted by molar-refractivity contribution is 7.99. The van der Waals surface area contributed by atoms with Crippen LogP contribution in [0.5, 0.6) is 11.5 Å². The molecule has 0 bridgehead atoms. The van der Waals surface area contributed by atoms with E-state index < -0.39 is 0 Å². The van der Waals surface area contributed by atoms with Gasteiger partial charge in [0, 0.05) is 13.0 Å². The van der Waals surface area contributed by atoms with Crippen molar-refractivity contribution in [2.75, 3.05) is 14.2 Å². The largest absolute Gasteiger partial charge is 0.497 e. The molecule has 0 spiro atoms. The number of nitrogens with zero attached hydrogens (tertiary/aromatic N) is 6. The van der Waals surface area contributed by atoms with E-state index in [2.05, 4.69) is 25.7 Å². The SMILES string of the molecule is COc1ccc(OC)c(-n2nnnc2S[C@H](C)c2nnc(C)o2)c1. The standard InChI is InChI=1S/C14H16N6O3S/c1-8(13-16-15-9(2)23-13)24-14-17-18-19-20(14)11-7-10(21-3)5-6-12(11)22-4/h5-8H,1-4H3/t8-/m1/s1. The number of ether oxygens (including phenoxy) is 2. The lowest BCUT2D eigenvalue weighted by molar-refractivity contribution is 0.399. The molecule has 0 N–H and O–H groups in total. The lowest BCUT2D eigenvalue weighted by Gasteiger charge is -2.12. The fourth-order valence-corrected chi connectivity index (χ4v) is 2.88. The van der Waals surface area contributed by atoms with Crippen LogP contribution in [-0.2, 0) is 0 Å². The molecule has 3 rings (SSSR count). The number of benzene rings is 1. The average Bonchev–Trinajstić information content (AvgIpc) is 3.23. The van der Waals surface area contributed by atoms with Gasteiger partial charge >= 0.3 is 0 Å². The number of tetrazole rings is 1. The van der Waals surface area contributed by atoms with E-state index in [0.29, 0.717) is 34.1 Å². The molecule has 3 aromatic rings. The van der Waals surface area contributed by atoms with Gasteiger partial charge in [-0.3, -0.25) is 0 Å². The first-order valence-electron chi connectivity index (χ1n) is 7.09. The Morgan fingerprint density at radius 1 is 1.17 bits per heavy atom. The summed E-state index contributed by atoms with van der Waals surface area (Å²) in [7, 11) is 3.19. The lowest BCUT2D eigenvalue weighted by Crippen LogP contribution is -2.03. The molecule has 0 amide bonds. The Hall–Kier alpha value is -2.62. The van der Waals surface area contributed by atoms with Crippen LogP contribution in [0.1, 0.15) is 24.0 Å². The first kappa shape index (κ1) is 16.2. The third kappa shape index (κ3) is 3.18. The summed E-state index contributed by atoms with van der Waals surface area (Å²) in [6.45, 7) is 3.69. The average molecular weight is 348 g/mol. The van der Waals surface area contributed by atoms with Crippen molar-refractivity contribution in [3.8, 4) is 17.2 Å². The van der Waals surface area contributed by atoms with Crippen LogP contribution in [0, 0.1) is 6.92 Å². The molecule has 9 nitrogen and oxygen atoms in total. The van der Waals surface area contributed by atoms with E-state index >= 15 is 0 Å². The van der Waals surface area contributed by atoms with Crippen LogP contribution in [0.2, 0.25) is 0 Å². The Bertz CT molecular complexity index is 834. The van der Waals surface area contributed by atoms with E-state index in [9.17, 15) is 0 Å². The minimum absolute atomic E-state index is 0.104. The first-order valence-corrected chi connectivity index (χ1v) is 7.97.